The molecule has 0 saturated carbocycles. The fourth-order valence-corrected chi connectivity index (χ4v) is 1.33. The molecule has 0 aliphatic rings. The first-order valence-electron chi connectivity index (χ1n) is 4.39. The Balaban J connectivity index is 2.86. The summed E-state index contributed by atoms with van der Waals surface area (Å²) in [4.78, 5) is 0. The largest absolute Gasteiger partial charge is 0.171 e. The third kappa shape index (κ3) is 2.28. The molecule has 0 nitrogen and oxygen atoms in total. The van der Waals surface area contributed by atoms with Crippen molar-refractivity contribution in [2.24, 2.45) is 0 Å². The predicted molar refractivity (Wildman–Crippen MR) is 57.9 cm³/mol. The summed E-state index contributed by atoms with van der Waals surface area (Å²) < 4.78 is 0. The second kappa shape index (κ2) is 3.99. The van der Waals surface area contributed by atoms with Gasteiger partial charge in [-0.25, -0.2) is 0 Å². The van der Waals surface area contributed by atoms with Crippen molar-refractivity contribution < 1.29 is 0 Å². The van der Waals surface area contributed by atoms with E-state index in [0.717, 1.165) is 0 Å². The van der Waals surface area contributed by atoms with Crippen molar-refractivity contribution in [3.05, 3.63) is 35.4 Å². The van der Waals surface area contributed by atoms with Crippen molar-refractivity contribution in [3.8, 4) is 0 Å². The van der Waals surface area contributed by atoms with Crippen LogP contribution in [0.5, 0.6) is 0 Å². The second-order valence-corrected chi connectivity index (χ2v) is 4.27. The van der Waals surface area contributed by atoms with Gasteiger partial charge < -0.3 is 0 Å². The summed E-state index contributed by atoms with van der Waals surface area (Å²) in [6.07, 6.45) is 0. The average molecular weight is 180 g/mol. The Morgan fingerprint density at radius 2 is 1.33 bits per heavy atom. The van der Waals surface area contributed by atoms with E-state index in [2.05, 4.69) is 57.7 Å². The Morgan fingerprint density at radius 1 is 0.917 bits per heavy atom. The van der Waals surface area contributed by atoms with Gasteiger partial charge in [-0.1, -0.05) is 38.1 Å². The predicted octanol–water partition coefficient (Wildman–Crippen LogP) is 3.80. The Kier molecular flexibility index (Phi) is 3.21. The summed E-state index contributed by atoms with van der Waals surface area (Å²) in [7, 11) is 0. The van der Waals surface area contributed by atoms with E-state index in [9.17, 15) is 0 Å². The fourth-order valence-electron chi connectivity index (χ4n) is 1.16. The maximum absolute atomic E-state index is 4.37. The van der Waals surface area contributed by atoms with Crippen LogP contribution in [-0.4, -0.2) is 0 Å². The molecule has 1 aromatic rings. The van der Waals surface area contributed by atoms with E-state index >= 15 is 0 Å². The molecule has 1 aromatic carbocycles. The van der Waals surface area contributed by atoms with Gasteiger partial charge in [-0.2, -0.15) is 12.6 Å². The van der Waals surface area contributed by atoms with Gasteiger partial charge in [0.1, 0.15) is 0 Å². The second-order valence-electron chi connectivity index (χ2n) is 3.50. The van der Waals surface area contributed by atoms with E-state index in [0.29, 0.717) is 11.2 Å². The minimum atomic E-state index is 0.339. The van der Waals surface area contributed by atoms with Crippen LogP contribution in [0.2, 0.25) is 0 Å². The number of hydrogen-bond donors (Lipinski definition) is 1. The first kappa shape index (κ1) is 9.66. The molecule has 0 saturated heterocycles. The van der Waals surface area contributed by atoms with Crippen LogP contribution in [0.3, 0.4) is 0 Å². The molecule has 0 bridgehead atoms. The summed E-state index contributed by atoms with van der Waals surface area (Å²) in [6.45, 7) is 6.51. The SMILES string of the molecule is CC(C)c1ccc([C@@H](C)S)cc1. The summed E-state index contributed by atoms with van der Waals surface area (Å²) in [6, 6.07) is 8.69. The molecule has 0 aliphatic carbocycles. The van der Waals surface area contributed by atoms with Crippen LogP contribution in [0.25, 0.3) is 0 Å². The van der Waals surface area contributed by atoms with Crippen molar-refractivity contribution in [1.82, 2.24) is 0 Å². The van der Waals surface area contributed by atoms with E-state index in [1.807, 2.05) is 0 Å². The molecule has 0 radical (unpaired) electrons. The summed E-state index contributed by atoms with van der Waals surface area (Å²) in [5.41, 5.74) is 2.69. The van der Waals surface area contributed by atoms with Crippen molar-refractivity contribution >= 4 is 12.6 Å². The maximum atomic E-state index is 4.37. The Morgan fingerprint density at radius 3 is 1.67 bits per heavy atom. The van der Waals surface area contributed by atoms with Crippen molar-refractivity contribution in [1.29, 1.82) is 0 Å². The molecule has 0 heterocycles. The van der Waals surface area contributed by atoms with Gasteiger partial charge in [0.15, 0.2) is 0 Å². The molecule has 12 heavy (non-hydrogen) atoms. The van der Waals surface area contributed by atoms with Gasteiger partial charge in [0.05, 0.1) is 0 Å². The first-order valence-corrected chi connectivity index (χ1v) is 4.91. The zero-order valence-electron chi connectivity index (χ0n) is 7.91. The van der Waals surface area contributed by atoms with Crippen molar-refractivity contribution in [3.63, 3.8) is 0 Å². The molecule has 1 atom stereocenters. The van der Waals surface area contributed by atoms with Gasteiger partial charge in [0, 0.05) is 5.25 Å². The third-order valence-corrected chi connectivity index (χ3v) is 2.38. The standard InChI is InChI=1S/C11H16S/c1-8(2)10-4-6-11(7-5-10)9(3)12/h4-9,12H,1-3H3/t9-/m1/s1. The third-order valence-electron chi connectivity index (χ3n) is 2.09. The lowest BCUT2D eigenvalue weighted by molar-refractivity contribution is 0.864. The van der Waals surface area contributed by atoms with E-state index in [1.165, 1.54) is 11.1 Å². The topological polar surface area (TPSA) is 0 Å². The van der Waals surface area contributed by atoms with Gasteiger partial charge in [-0.15, -0.1) is 0 Å². The van der Waals surface area contributed by atoms with Crippen LogP contribution in [0.1, 0.15) is 43.1 Å². The first-order chi connectivity index (χ1) is 5.61. The monoisotopic (exact) mass is 180 g/mol. The van der Waals surface area contributed by atoms with Crippen LogP contribution in [0.15, 0.2) is 24.3 Å². The highest BCUT2D eigenvalue weighted by molar-refractivity contribution is 7.80. The smallest absolute Gasteiger partial charge is 0.0238 e. The van der Waals surface area contributed by atoms with E-state index < -0.39 is 0 Å². The Bertz CT molecular complexity index is 207. The molecule has 0 amide bonds. The van der Waals surface area contributed by atoms with E-state index in [4.69, 9.17) is 0 Å². The van der Waals surface area contributed by atoms with Gasteiger partial charge in [0.25, 0.3) is 0 Å². The average Bonchev–Trinajstić information content (AvgIpc) is 2.04. The number of thiol groups is 1. The summed E-state index contributed by atoms with van der Waals surface area (Å²) in [5.74, 6) is 0.620. The van der Waals surface area contributed by atoms with Crippen LogP contribution in [0, 0.1) is 0 Å². The van der Waals surface area contributed by atoms with Crippen molar-refractivity contribution in [2.75, 3.05) is 0 Å². The van der Waals surface area contributed by atoms with Crippen molar-refractivity contribution in [2.45, 2.75) is 31.9 Å². The fraction of sp³-hybridized carbons (Fsp3) is 0.455. The summed E-state index contributed by atoms with van der Waals surface area (Å²) in [5, 5.41) is 0.339. The van der Waals surface area contributed by atoms with Crippen LogP contribution < -0.4 is 0 Å². The van der Waals surface area contributed by atoms with Crippen LogP contribution >= 0.6 is 12.6 Å². The maximum Gasteiger partial charge on any atom is 0.0238 e. The minimum Gasteiger partial charge on any atom is -0.171 e. The minimum absolute atomic E-state index is 0.339. The molecular formula is C11H16S. The molecule has 0 unspecified atom stereocenters. The molecule has 66 valence electrons. The molecule has 1 heteroatoms. The number of rotatable bonds is 2. The van der Waals surface area contributed by atoms with Crippen LogP contribution in [0.4, 0.5) is 0 Å². The van der Waals surface area contributed by atoms with E-state index in [-0.39, 0.29) is 0 Å². The van der Waals surface area contributed by atoms with Crippen LogP contribution in [-0.2, 0) is 0 Å². The molecule has 0 spiro atoms. The highest BCUT2D eigenvalue weighted by Gasteiger charge is 2.01. The van der Waals surface area contributed by atoms with Gasteiger partial charge >= 0.3 is 0 Å². The zero-order valence-corrected chi connectivity index (χ0v) is 8.81. The van der Waals surface area contributed by atoms with Gasteiger partial charge in [0.2, 0.25) is 0 Å². The normalized spacial score (nSPS) is 13.4. The highest BCUT2D eigenvalue weighted by Crippen LogP contribution is 2.21. The number of benzene rings is 1. The summed E-state index contributed by atoms with van der Waals surface area (Å²) >= 11 is 4.37. The quantitative estimate of drug-likeness (QED) is 0.657. The molecule has 0 aromatic heterocycles. The van der Waals surface area contributed by atoms with E-state index in [1.54, 1.807) is 0 Å². The highest BCUT2D eigenvalue weighted by atomic mass is 32.1. The lowest BCUT2D eigenvalue weighted by Crippen LogP contribution is -1.89. The molecule has 0 aliphatic heterocycles. The lowest BCUT2D eigenvalue weighted by Gasteiger charge is -2.08. The zero-order chi connectivity index (χ0) is 9.14. The lowest BCUT2D eigenvalue weighted by atomic mass is 10.0. The molecule has 0 N–H and O–H groups in total. The molecule has 1 rings (SSSR count). The van der Waals surface area contributed by atoms with Gasteiger partial charge in [-0.3, -0.25) is 0 Å². The molecular weight excluding hydrogens is 164 g/mol. The Hall–Kier alpha value is -0.430. The number of hydrogen-bond acceptors (Lipinski definition) is 1. The molecule has 0 fully saturated rings. The van der Waals surface area contributed by atoms with Gasteiger partial charge in [-0.05, 0) is 24.0 Å². The Labute approximate surface area is 80.4 Å².